The normalized spacial score (nSPS) is 18.1. The largest absolute Gasteiger partial charge is 0.534 e. The average molecular weight is 675 g/mol. The third kappa shape index (κ3) is 5.82. The number of likely N-dealkylation sites (tertiary alicyclic amines) is 1. The topological polar surface area (TPSA) is 38.5 Å². The van der Waals surface area contributed by atoms with E-state index in [0.29, 0.717) is 0 Å². The third-order valence-electron chi connectivity index (χ3n) is 10.8. The van der Waals surface area contributed by atoms with Gasteiger partial charge in [-0.25, -0.2) is 4.98 Å². The van der Waals surface area contributed by atoms with Crippen LogP contribution in [-0.4, -0.2) is 24.7 Å². The van der Waals surface area contributed by atoms with Gasteiger partial charge in [-0.3, -0.25) is 4.90 Å². The highest BCUT2D eigenvalue weighted by Gasteiger charge is 2.52. The van der Waals surface area contributed by atoms with Crippen molar-refractivity contribution in [1.82, 2.24) is 9.88 Å². The maximum absolute atomic E-state index is 7.67. The Morgan fingerprint density at radius 3 is 1.86 bits per heavy atom. The highest BCUT2D eigenvalue weighted by Crippen LogP contribution is 2.48. The van der Waals surface area contributed by atoms with Gasteiger partial charge in [0.1, 0.15) is 11.4 Å². The minimum absolute atomic E-state index is 0.107. The highest BCUT2D eigenvalue weighted by molar-refractivity contribution is 7.00. The number of oxazole rings is 1. The summed E-state index contributed by atoms with van der Waals surface area (Å²) in [5, 5.41) is 2.50. The van der Waals surface area contributed by atoms with Crippen LogP contribution in [0.15, 0.2) is 144 Å². The molecule has 5 heteroatoms. The Labute approximate surface area is 297 Å². The molecular formula is C45H46N2O2Si. The van der Waals surface area contributed by atoms with Crippen molar-refractivity contribution < 1.29 is 8.84 Å². The molecule has 2 heterocycles. The smallest absolute Gasteiger partial charge is 0.319 e. The zero-order chi connectivity index (χ0) is 34.1. The van der Waals surface area contributed by atoms with E-state index in [4.69, 9.17) is 13.8 Å². The lowest BCUT2D eigenvalue weighted by Gasteiger charge is -2.44. The predicted molar refractivity (Wildman–Crippen MR) is 206 cm³/mol. The van der Waals surface area contributed by atoms with Crippen LogP contribution >= 0.6 is 0 Å². The summed E-state index contributed by atoms with van der Waals surface area (Å²) in [6, 6.07) is 50.1. The first-order chi connectivity index (χ1) is 24.4. The molecule has 252 valence electrons. The van der Waals surface area contributed by atoms with Crippen LogP contribution in [0, 0.1) is 0 Å². The van der Waals surface area contributed by atoms with Gasteiger partial charge in [-0.15, -0.1) is 0 Å². The maximum atomic E-state index is 7.67. The molecule has 0 bridgehead atoms. The van der Waals surface area contributed by atoms with Gasteiger partial charge < -0.3 is 8.84 Å². The standard InChI is InChI=1S/C45H46N2O2Si/c1-45(2,3)50(35-23-12-6-13-24-35,36-25-14-7-15-26-36)49-41-31-17-27-37-38(41)28-16-29-39(37)47-32-18-30-40(47)44-46-42(33-19-8-4-9-20-33)43(48-44)34-21-10-5-11-22-34/h4-15,17,19-27,31,39-40H,16,18,28-30,32H2,1-3H3/t39-,40+/m1/s1. The molecule has 2 atom stereocenters. The first-order valence-corrected chi connectivity index (χ1v) is 20.1. The van der Waals surface area contributed by atoms with Gasteiger partial charge in [0.15, 0.2) is 5.76 Å². The molecule has 5 aromatic carbocycles. The van der Waals surface area contributed by atoms with Crippen LogP contribution in [-0.2, 0) is 6.42 Å². The van der Waals surface area contributed by atoms with Crippen LogP contribution in [0.1, 0.15) is 75.6 Å². The number of aromatic nitrogens is 1. The van der Waals surface area contributed by atoms with Crippen molar-refractivity contribution in [1.29, 1.82) is 0 Å². The van der Waals surface area contributed by atoms with Crippen molar-refractivity contribution >= 4 is 18.7 Å². The van der Waals surface area contributed by atoms with Crippen molar-refractivity contribution in [3.63, 3.8) is 0 Å². The van der Waals surface area contributed by atoms with Gasteiger partial charge in [0.2, 0.25) is 5.89 Å². The minimum atomic E-state index is -2.78. The first-order valence-electron chi connectivity index (χ1n) is 18.2. The monoisotopic (exact) mass is 674 g/mol. The van der Waals surface area contributed by atoms with Gasteiger partial charge in [-0.1, -0.05) is 154 Å². The molecule has 0 radical (unpaired) electrons. The number of rotatable bonds is 8. The lowest BCUT2D eigenvalue weighted by molar-refractivity contribution is 0.144. The van der Waals surface area contributed by atoms with Gasteiger partial charge in [0, 0.05) is 17.2 Å². The Kier molecular flexibility index (Phi) is 8.80. The molecule has 0 unspecified atom stereocenters. The van der Waals surface area contributed by atoms with E-state index in [2.05, 4.69) is 159 Å². The SMILES string of the molecule is CC(C)(C)[Si](Oc1cccc2c1CCC[C@H]2N1CCC[C@H]1c1nc(-c2ccccc2)c(-c2ccccc2)o1)(c1ccccc1)c1ccccc1. The van der Waals surface area contributed by atoms with Gasteiger partial charge in [-0.05, 0) is 71.3 Å². The molecule has 1 fully saturated rings. The zero-order valence-electron chi connectivity index (χ0n) is 29.4. The number of nitrogens with zero attached hydrogens (tertiary/aromatic N) is 2. The third-order valence-corrected chi connectivity index (χ3v) is 15.8. The summed E-state index contributed by atoms with van der Waals surface area (Å²) in [5.41, 5.74) is 5.83. The van der Waals surface area contributed by atoms with Crippen molar-refractivity contribution in [3.05, 3.63) is 157 Å². The number of benzene rings is 5. The molecular weight excluding hydrogens is 629 g/mol. The summed E-state index contributed by atoms with van der Waals surface area (Å²) < 4.78 is 14.5. The van der Waals surface area contributed by atoms with Gasteiger partial charge in [-0.2, -0.15) is 0 Å². The van der Waals surface area contributed by atoms with Gasteiger partial charge >= 0.3 is 8.32 Å². The minimum Gasteiger partial charge on any atom is -0.534 e. The van der Waals surface area contributed by atoms with E-state index in [1.54, 1.807) is 0 Å². The van der Waals surface area contributed by atoms with E-state index >= 15 is 0 Å². The van der Waals surface area contributed by atoms with E-state index < -0.39 is 8.32 Å². The molecule has 1 aromatic heterocycles. The maximum Gasteiger partial charge on any atom is 0.319 e. The van der Waals surface area contributed by atoms with Crippen molar-refractivity contribution in [2.24, 2.45) is 0 Å². The second-order valence-electron chi connectivity index (χ2n) is 14.9. The van der Waals surface area contributed by atoms with E-state index in [-0.39, 0.29) is 17.1 Å². The Bertz CT molecular complexity index is 1940. The summed E-state index contributed by atoms with van der Waals surface area (Å²) in [4.78, 5) is 7.95. The molecule has 1 saturated heterocycles. The fourth-order valence-corrected chi connectivity index (χ4v) is 13.0. The molecule has 0 N–H and O–H groups in total. The quantitative estimate of drug-likeness (QED) is 0.151. The van der Waals surface area contributed by atoms with E-state index in [9.17, 15) is 0 Å². The van der Waals surface area contributed by atoms with Crippen molar-refractivity contribution in [2.75, 3.05) is 6.54 Å². The van der Waals surface area contributed by atoms with Crippen LogP contribution in [0.2, 0.25) is 5.04 Å². The first kappa shape index (κ1) is 32.5. The summed E-state index contributed by atoms with van der Waals surface area (Å²) in [6.45, 7) is 8.10. The van der Waals surface area contributed by atoms with Gasteiger partial charge in [0.25, 0.3) is 0 Å². The Balaban J connectivity index is 1.19. The van der Waals surface area contributed by atoms with Crippen LogP contribution in [0.25, 0.3) is 22.6 Å². The van der Waals surface area contributed by atoms with E-state index in [1.807, 2.05) is 6.07 Å². The van der Waals surface area contributed by atoms with Gasteiger partial charge in [0.05, 0.1) is 6.04 Å². The molecule has 1 aliphatic heterocycles. The fraction of sp³-hybridized carbons (Fsp3) is 0.267. The Morgan fingerprint density at radius 1 is 0.660 bits per heavy atom. The second-order valence-corrected chi connectivity index (χ2v) is 19.1. The Hall–Kier alpha value is -4.71. The summed E-state index contributed by atoms with van der Waals surface area (Å²) >= 11 is 0. The summed E-state index contributed by atoms with van der Waals surface area (Å²) in [6.07, 6.45) is 5.42. The highest BCUT2D eigenvalue weighted by atomic mass is 28.4. The molecule has 2 aliphatic rings. The molecule has 1 aliphatic carbocycles. The summed E-state index contributed by atoms with van der Waals surface area (Å²) in [7, 11) is -2.78. The molecule has 6 aromatic rings. The zero-order valence-corrected chi connectivity index (χ0v) is 30.4. The van der Waals surface area contributed by atoms with E-state index in [0.717, 1.165) is 72.9 Å². The molecule has 0 amide bonds. The number of fused-ring (bicyclic) bond motifs is 1. The molecule has 0 spiro atoms. The fourth-order valence-electron chi connectivity index (χ4n) is 8.53. The van der Waals surface area contributed by atoms with Crippen LogP contribution in [0.4, 0.5) is 0 Å². The Morgan fingerprint density at radius 2 is 1.24 bits per heavy atom. The van der Waals surface area contributed by atoms with Crippen LogP contribution in [0.3, 0.4) is 0 Å². The molecule has 4 nitrogen and oxygen atoms in total. The lowest BCUT2D eigenvalue weighted by Crippen LogP contribution is -2.69. The molecule has 0 saturated carbocycles. The van der Waals surface area contributed by atoms with Crippen molar-refractivity contribution in [3.8, 4) is 28.3 Å². The van der Waals surface area contributed by atoms with Crippen LogP contribution < -0.4 is 14.8 Å². The van der Waals surface area contributed by atoms with Crippen molar-refractivity contribution in [2.45, 2.75) is 70.0 Å². The van der Waals surface area contributed by atoms with Crippen LogP contribution in [0.5, 0.6) is 5.75 Å². The average Bonchev–Trinajstić information content (AvgIpc) is 3.83. The number of hydrogen-bond acceptors (Lipinski definition) is 4. The molecule has 8 rings (SSSR count). The second kappa shape index (κ2) is 13.5. The number of hydrogen-bond donors (Lipinski definition) is 0. The lowest BCUT2D eigenvalue weighted by atomic mass is 9.86. The molecule has 50 heavy (non-hydrogen) atoms. The summed E-state index contributed by atoms with van der Waals surface area (Å²) in [5.74, 6) is 2.72. The van der Waals surface area contributed by atoms with E-state index in [1.165, 1.54) is 21.5 Å². The predicted octanol–water partition coefficient (Wildman–Crippen LogP) is 10.2.